The maximum atomic E-state index is 2.28. The van der Waals surface area contributed by atoms with Crippen LogP contribution in [0.25, 0.3) is 16.7 Å². The first-order valence-corrected chi connectivity index (χ1v) is 6.38. The minimum Gasteiger partial charge on any atom is -0.0801 e. The zero-order valence-electron chi connectivity index (χ0n) is 10.6. The molecular formula is C18H16. The Hall–Kier alpha value is -2.08. The average Bonchev–Trinajstić information content (AvgIpc) is 2.93. The van der Waals surface area contributed by atoms with Crippen LogP contribution in [0.4, 0.5) is 0 Å². The highest BCUT2D eigenvalue weighted by molar-refractivity contribution is 5.80. The van der Waals surface area contributed by atoms with Gasteiger partial charge in [-0.1, -0.05) is 66.8 Å². The van der Waals surface area contributed by atoms with E-state index in [0.717, 1.165) is 6.42 Å². The Morgan fingerprint density at radius 3 is 2.39 bits per heavy atom. The van der Waals surface area contributed by atoms with Gasteiger partial charge in [0.25, 0.3) is 0 Å². The van der Waals surface area contributed by atoms with E-state index in [4.69, 9.17) is 0 Å². The van der Waals surface area contributed by atoms with Crippen molar-refractivity contribution in [2.75, 3.05) is 0 Å². The van der Waals surface area contributed by atoms with Gasteiger partial charge in [0.1, 0.15) is 0 Å². The summed E-state index contributed by atoms with van der Waals surface area (Å²) in [7, 11) is 0. The first-order chi connectivity index (χ1) is 8.84. The molecule has 0 heterocycles. The molecule has 2 aromatic carbocycles. The molecule has 0 amide bonds. The summed E-state index contributed by atoms with van der Waals surface area (Å²) in [6, 6.07) is 17.3. The lowest BCUT2D eigenvalue weighted by atomic mass is 9.96. The van der Waals surface area contributed by atoms with E-state index in [0.29, 0.717) is 0 Å². The van der Waals surface area contributed by atoms with Crippen LogP contribution in [0.15, 0.2) is 66.8 Å². The number of benzene rings is 2. The maximum Gasteiger partial charge on any atom is -0.0157 e. The maximum absolute atomic E-state index is 2.28. The van der Waals surface area contributed by atoms with Crippen molar-refractivity contribution in [3.8, 4) is 11.1 Å². The fourth-order valence-electron chi connectivity index (χ4n) is 2.46. The lowest BCUT2D eigenvalue weighted by Crippen LogP contribution is -1.87. The van der Waals surface area contributed by atoms with Gasteiger partial charge in [0, 0.05) is 0 Å². The summed E-state index contributed by atoms with van der Waals surface area (Å²) in [6.07, 6.45) is 7.77. The van der Waals surface area contributed by atoms with Gasteiger partial charge in [0.2, 0.25) is 0 Å². The van der Waals surface area contributed by atoms with Crippen molar-refractivity contribution in [1.29, 1.82) is 0 Å². The average molecular weight is 232 g/mol. The van der Waals surface area contributed by atoms with Crippen LogP contribution in [0, 0.1) is 6.92 Å². The molecule has 2 aromatic rings. The van der Waals surface area contributed by atoms with Gasteiger partial charge in [-0.05, 0) is 41.2 Å². The van der Waals surface area contributed by atoms with Crippen LogP contribution < -0.4 is 0 Å². The van der Waals surface area contributed by atoms with Crippen molar-refractivity contribution in [1.82, 2.24) is 0 Å². The fraction of sp³-hybridized carbons (Fsp3) is 0.111. The van der Waals surface area contributed by atoms with Crippen LogP contribution in [0.1, 0.15) is 17.5 Å². The molecule has 18 heavy (non-hydrogen) atoms. The van der Waals surface area contributed by atoms with Crippen LogP contribution >= 0.6 is 0 Å². The van der Waals surface area contributed by atoms with E-state index in [1.54, 1.807) is 0 Å². The number of hydrogen-bond acceptors (Lipinski definition) is 0. The molecule has 0 spiro atoms. The molecule has 0 nitrogen and oxygen atoms in total. The summed E-state index contributed by atoms with van der Waals surface area (Å²) in [5.74, 6) is 0. The number of rotatable bonds is 2. The topological polar surface area (TPSA) is 0 Å². The SMILES string of the molecule is Cc1cc(-c2ccccc2)ccc1C1=CCC=C1. The molecule has 0 radical (unpaired) electrons. The molecule has 0 N–H and O–H groups in total. The number of allylic oxidation sites excluding steroid dienone is 4. The molecule has 0 unspecified atom stereocenters. The Labute approximate surface area is 108 Å². The fourth-order valence-corrected chi connectivity index (χ4v) is 2.46. The second-order valence-electron chi connectivity index (χ2n) is 4.69. The molecule has 1 aliphatic carbocycles. The Morgan fingerprint density at radius 2 is 1.72 bits per heavy atom. The van der Waals surface area contributed by atoms with Crippen molar-refractivity contribution in [2.24, 2.45) is 0 Å². The third-order valence-corrected chi connectivity index (χ3v) is 3.42. The summed E-state index contributed by atoms with van der Waals surface area (Å²) >= 11 is 0. The minimum atomic E-state index is 1.06. The monoisotopic (exact) mass is 232 g/mol. The molecule has 0 aliphatic heterocycles. The molecule has 1 aliphatic rings. The molecule has 0 fully saturated rings. The smallest absolute Gasteiger partial charge is 0.0157 e. The zero-order valence-corrected chi connectivity index (χ0v) is 10.6. The van der Waals surface area contributed by atoms with E-state index in [9.17, 15) is 0 Å². The molecule has 0 saturated carbocycles. The molecule has 88 valence electrons. The third kappa shape index (κ3) is 2.02. The van der Waals surface area contributed by atoms with Gasteiger partial charge >= 0.3 is 0 Å². The van der Waals surface area contributed by atoms with Gasteiger partial charge in [-0.15, -0.1) is 0 Å². The van der Waals surface area contributed by atoms with Gasteiger partial charge in [0.05, 0.1) is 0 Å². The van der Waals surface area contributed by atoms with Crippen molar-refractivity contribution in [3.63, 3.8) is 0 Å². The second-order valence-corrected chi connectivity index (χ2v) is 4.69. The molecule has 0 saturated heterocycles. The molecule has 0 aromatic heterocycles. The molecule has 0 heteroatoms. The highest BCUT2D eigenvalue weighted by Crippen LogP contribution is 2.28. The van der Waals surface area contributed by atoms with Gasteiger partial charge in [-0.2, -0.15) is 0 Å². The lowest BCUT2D eigenvalue weighted by Gasteiger charge is -2.09. The molecular weight excluding hydrogens is 216 g/mol. The zero-order chi connectivity index (χ0) is 12.4. The van der Waals surface area contributed by atoms with Gasteiger partial charge in [-0.25, -0.2) is 0 Å². The first-order valence-electron chi connectivity index (χ1n) is 6.38. The van der Waals surface area contributed by atoms with Crippen molar-refractivity contribution in [3.05, 3.63) is 77.9 Å². The molecule has 0 bridgehead atoms. The summed E-state index contributed by atoms with van der Waals surface area (Å²) < 4.78 is 0. The van der Waals surface area contributed by atoms with Crippen molar-refractivity contribution in [2.45, 2.75) is 13.3 Å². The summed E-state index contributed by atoms with van der Waals surface area (Å²) in [5, 5.41) is 0. The van der Waals surface area contributed by atoms with E-state index in [-0.39, 0.29) is 0 Å². The third-order valence-electron chi connectivity index (χ3n) is 3.42. The Balaban J connectivity index is 2.02. The van der Waals surface area contributed by atoms with E-state index < -0.39 is 0 Å². The summed E-state index contributed by atoms with van der Waals surface area (Å²) in [5.41, 5.74) is 6.62. The largest absolute Gasteiger partial charge is 0.0801 e. The molecule has 3 rings (SSSR count). The highest BCUT2D eigenvalue weighted by Gasteiger charge is 2.06. The van der Waals surface area contributed by atoms with E-state index in [1.807, 2.05) is 0 Å². The second kappa shape index (κ2) is 4.66. The predicted molar refractivity (Wildman–Crippen MR) is 78.3 cm³/mol. The number of hydrogen-bond donors (Lipinski definition) is 0. The van der Waals surface area contributed by atoms with Gasteiger partial charge < -0.3 is 0 Å². The van der Waals surface area contributed by atoms with E-state index in [2.05, 4.69) is 73.7 Å². The van der Waals surface area contributed by atoms with Crippen LogP contribution in [-0.2, 0) is 0 Å². The predicted octanol–water partition coefficient (Wildman–Crippen LogP) is 5.01. The standard InChI is InChI=1S/C18H16/c1-14-13-17(15-7-3-2-4-8-15)11-12-18(14)16-9-5-6-10-16/h2-5,7-13H,6H2,1H3. The van der Waals surface area contributed by atoms with Crippen LogP contribution in [-0.4, -0.2) is 0 Å². The Morgan fingerprint density at radius 1 is 0.889 bits per heavy atom. The first kappa shape index (κ1) is 11.0. The van der Waals surface area contributed by atoms with E-state index >= 15 is 0 Å². The quantitative estimate of drug-likeness (QED) is 0.683. The van der Waals surface area contributed by atoms with Crippen LogP contribution in [0.5, 0.6) is 0 Å². The number of aryl methyl sites for hydroxylation is 1. The summed E-state index contributed by atoms with van der Waals surface area (Å²) in [4.78, 5) is 0. The summed E-state index contributed by atoms with van der Waals surface area (Å²) in [6.45, 7) is 2.19. The normalized spacial score (nSPS) is 13.7. The highest BCUT2D eigenvalue weighted by atomic mass is 14.1. The van der Waals surface area contributed by atoms with Gasteiger partial charge in [0.15, 0.2) is 0 Å². The Kier molecular flexibility index (Phi) is 2.85. The molecule has 0 atom stereocenters. The van der Waals surface area contributed by atoms with Crippen molar-refractivity contribution < 1.29 is 0 Å². The Bertz CT molecular complexity index is 616. The minimum absolute atomic E-state index is 1.06. The van der Waals surface area contributed by atoms with Crippen LogP contribution in [0.2, 0.25) is 0 Å². The lowest BCUT2D eigenvalue weighted by molar-refractivity contribution is 1.41. The van der Waals surface area contributed by atoms with Gasteiger partial charge in [-0.3, -0.25) is 0 Å². The van der Waals surface area contributed by atoms with E-state index in [1.165, 1.54) is 27.8 Å². The van der Waals surface area contributed by atoms with Crippen LogP contribution in [0.3, 0.4) is 0 Å². The van der Waals surface area contributed by atoms with Crippen molar-refractivity contribution >= 4 is 5.57 Å².